The van der Waals surface area contributed by atoms with Crippen molar-refractivity contribution in [3.63, 3.8) is 0 Å². The van der Waals surface area contributed by atoms with Crippen molar-refractivity contribution in [3.8, 4) is 0 Å². The average molecular weight is 229 g/mol. The number of nitrogens with zero attached hydrogens (tertiary/aromatic N) is 1. The molecule has 1 N–H and O–H groups in total. The van der Waals surface area contributed by atoms with Crippen molar-refractivity contribution in [3.05, 3.63) is 40.9 Å². The second-order valence-electron chi connectivity index (χ2n) is 3.13. The molecule has 1 amide bonds. The molecule has 3 nitrogen and oxygen atoms in total. The van der Waals surface area contributed by atoms with E-state index in [1.165, 1.54) is 0 Å². The third-order valence-corrected chi connectivity index (χ3v) is 1.90. The number of nitrogens with one attached hydrogen (secondary N) is 1. The predicted octanol–water partition coefficient (Wildman–Crippen LogP) is 2.18. The van der Waals surface area contributed by atoms with Gasteiger partial charge in [-0.2, -0.15) is 0 Å². The summed E-state index contributed by atoms with van der Waals surface area (Å²) in [6.07, 6.45) is 0.956. The summed E-state index contributed by atoms with van der Waals surface area (Å²) in [7, 11) is 0. The molecule has 0 bridgehead atoms. The first-order valence-electron chi connectivity index (χ1n) is 4.24. The number of carbonyl (C=O) groups excluding carboxylic acids is 1. The largest absolute Gasteiger partial charge is 0.348 e. The molecule has 0 aliphatic heterocycles. The van der Waals surface area contributed by atoms with Crippen molar-refractivity contribution in [2.45, 2.75) is 6.92 Å². The summed E-state index contributed by atoms with van der Waals surface area (Å²) in [6, 6.07) is 1.04. The van der Waals surface area contributed by atoms with Crippen LogP contribution in [-0.4, -0.2) is 17.4 Å². The number of amides is 1. The van der Waals surface area contributed by atoms with Crippen LogP contribution in [0.2, 0.25) is 5.15 Å². The van der Waals surface area contributed by atoms with Gasteiger partial charge in [-0.3, -0.25) is 4.79 Å². The highest BCUT2D eigenvalue weighted by Gasteiger charge is 2.11. The van der Waals surface area contributed by atoms with Crippen LogP contribution in [0.4, 0.5) is 4.39 Å². The van der Waals surface area contributed by atoms with E-state index in [9.17, 15) is 9.18 Å². The molecule has 0 saturated heterocycles. The Kier molecular flexibility index (Phi) is 3.80. The fourth-order valence-electron chi connectivity index (χ4n) is 0.908. The third-order valence-electron chi connectivity index (χ3n) is 1.60. The maximum Gasteiger partial charge on any atom is 0.254 e. The SMILES string of the molecule is C=C(C)CNC(=O)c1cc(F)cnc1Cl. The quantitative estimate of drug-likeness (QED) is 0.637. The van der Waals surface area contributed by atoms with Gasteiger partial charge in [0.25, 0.3) is 5.91 Å². The van der Waals surface area contributed by atoms with Crippen LogP contribution < -0.4 is 5.32 Å². The molecule has 0 spiro atoms. The second-order valence-corrected chi connectivity index (χ2v) is 3.49. The van der Waals surface area contributed by atoms with Gasteiger partial charge >= 0.3 is 0 Å². The minimum absolute atomic E-state index is 0.0179. The minimum atomic E-state index is -0.597. The number of hydrogen-bond acceptors (Lipinski definition) is 2. The first-order chi connectivity index (χ1) is 7.00. The van der Waals surface area contributed by atoms with E-state index in [2.05, 4.69) is 16.9 Å². The van der Waals surface area contributed by atoms with Gasteiger partial charge in [0.1, 0.15) is 11.0 Å². The lowest BCUT2D eigenvalue weighted by Crippen LogP contribution is -2.25. The molecule has 0 aliphatic carbocycles. The van der Waals surface area contributed by atoms with Gasteiger partial charge in [0.05, 0.1) is 11.8 Å². The molecule has 0 unspecified atom stereocenters. The van der Waals surface area contributed by atoms with Crippen molar-refractivity contribution >= 4 is 17.5 Å². The second kappa shape index (κ2) is 4.89. The molecule has 1 aromatic rings. The molecule has 1 aromatic heterocycles. The van der Waals surface area contributed by atoms with Crippen LogP contribution in [0.5, 0.6) is 0 Å². The molecule has 5 heteroatoms. The fraction of sp³-hybridized carbons (Fsp3) is 0.200. The van der Waals surface area contributed by atoms with Gasteiger partial charge in [0.2, 0.25) is 0 Å². The highest BCUT2D eigenvalue weighted by Crippen LogP contribution is 2.13. The van der Waals surface area contributed by atoms with E-state index in [0.29, 0.717) is 6.54 Å². The van der Waals surface area contributed by atoms with Crippen LogP contribution in [0.15, 0.2) is 24.4 Å². The smallest absolute Gasteiger partial charge is 0.254 e. The Balaban J connectivity index is 2.81. The zero-order chi connectivity index (χ0) is 11.4. The maximum atomic E-state index is 12.8. The molecule has 0 aliphatic rings. The molecule has 1 heterocycles. The van der Waals surface area contributed by atoms with Crippen LogP contribution in [-0.2, 0) is 0 Å². The van der Waals surface area contributed by atoms with Crippen LogP contribution in [0, 0.1) is 5.82 Å². The van der Waals surface area contributed by atoms with Gasteiger partial charge in [-0.1, -0.05) is 23.8 Å². The zero-order valence-corrected chi connectivity index (χ0v) is 8.94. The molecule has 80 valence electrons. The third kappa shape index (κ3) is 3.32. The Morgan fingerprint density at radius 3 is 3.00 bits per heavy atom. The van der Waals surface area contributed by atoms with Gasteiger partial charge in [-0.25, -0.2) is 9.37 Å². The topological polar surface area (TPSA) is 42.0 Å². The molecule has 15 heavy (non-hydrogen) atoms. The summed E-state index contributed by atoms with van der Waals surface area (Å²) in [4.78, 5) is 15.0. The Hall–Kier alpha value is -1.42. The van der Waals surface area contributed by atoms with Crippen molar-refractivity contribution < 1.29 is 9.18 Å². The van der Waals surface area contributed by atoms with Crippen LogP contribution in [0.1, 0.15) is 17.3 Å². The van der Waals surface area contributed by atoms with Crippen molar-refractivity contribution in [1.82, 2.24) is 10.3 Å². The lowest BCUT2D eigenvalue weighted by molar-refractivity contribution is 0.0956. The number of rotatable bonds is 3. The molecule has 1 rings (SSSR count). The molecule has 0 atom stereocenters. The van der Waals surface area contributed by atoms with E-state index < -0.39 is 11.7 Å². The van der Waals surface area contributed by atoms with Gasteiger partial charge in [0.15, 0.2) is 0 Å². The fourth-order valence-corrected chi connectivity index (χ4v) is 1.10. The summed E-state index contributed by atoms with van der Waals surface area (Å²) in [5.74, 6) is -1.06. The van der Waals surface area contributed by atoms with Gasteiger partial charge in [-0.05, 0) is 13.0 Å². The first kappa shape index (κ1) is 11.7. The molecular formula is C10H10ClFN2O. The highest BCUT2D eigenvalue weighted by molar-refractivity contribution is 6.32. The van der Waals surface area contributed by atoms with E-state index in [-0.39, 0.29) is 10.7 Å². The Morgan fingerprint density at radius 2 is 2.40 bits per heavy atom. The van der Waals surface area contributed by atoms with Crippen molar-refractivity contribution in [2.75, 3.05) is 6.54 Å². The average Bonchev–Trinajstić information content (AvgIpc) is 2.18. The van der Waals surface area contributed by atoms with Gasteiger partial charge in [0, 0.05) is 6.54 Å². The lowest BCUT2D eigenvalue weighted by atomic mass is 10.2. The minimum Gasteiger partial charge on any atom is -0.348 e. The number of hydrogen-bond donors (Lipinski definition) is 1. The Morgan fingerprint density at radius 1 is 1.73 bits per heavy atom. The summed E-state index contributed by atoms with van der Waals surface area (Å²) in [5, 5.41) is 2.52. The van der Waals surface area contributed by atoms with Gasteiger partial charge < -0.3 is 5.32 Å². The van der Waals surface area contributed by atoms with E-state index in [1.807, 2.05) is 0 Å². The summed E-state index contributed by atoms with van der Waals surface area (Å²) < 4.78 is 12.8. The highest BCUT2D eigenvalue weighted by atomic mass is 35.5. The van der Waals surface area contributed by atoms with E-state index in [0.717, 1.165) is 17.8 Å². The Labute approximate surface area is 92.0 Å². The van der Waals surface area contributed by atoms with Crippen LogP contribution >= 0.6 is 11.6 Å². The maximum absolute atomic E-state index is 12.8. The van der Waals surface area contributed by atoms with E-state index >= 15 is 0 Å². The van der Waals surface area contributed by atoms with Gasteiger partial charge in [-0.15, -0.1) is 0 Å². The monoisotopic (exact) mass is 228 g/mol. The van der Waals surface area contributed by atoms with E-state index in [4.69, 9.17) is 11.6 Å². The summed E-state index contributed by atoms with van der Waals surface area (Å²) in [5.41, 5.74) is 0.821. The van der Waals surface area contributed by atoms with Crippen LogP contribution in [0.25, 0.3) is 0 Å². The number of pyridine rings is 1. The molecular weight excluding hydrogens is 219 g/mol. The van der Waals surface area contributed by atoms with Crippen LogP contribution in [0.3, 0.4) is 0 Å². The molecule has 0 saturated carbocycles. The number of aromatic nitrogens is 1. The predicted molar refractivity (Wildman–Crippen MR) is 56.4 cm³/mol. The molecule has 0 radical (unpaired) electrons. The molecule has 0 fully saturated rings. The number of halogens is 2. The Bertz CT molecular complexity index is 406. The van der Waals surface area contributed by atoms with Crippen molar-refractivity contribution in [1.29, 1.82) is 0 Å². The van der Waals surface area contributed by atoms with Crippen molar-refractivity contribution in [2.24, 2.45) is 0 Å². The normalized spacial score (nSPS) is 9.80. The zero-order valence-electron chi connectivity index (χ0n) is 8.18. The molecule has 0 aromatic carbocycles. The first-order valence-corrected chi connectivity index (χ1v) is 4.62. The standard InChI is InChI=1S/C10H10ClFN2O/c1-6(2)4-14-10(15)8-3-7(12)5-13-9(8)11/h3,5H,1,4H2,2H3,(H,14,15). The number of carbonyl (C=O) groups is 1. The lowest BCUT2D eigenvalue weighted by Gasteiger charge is -2.05. The van der Waals surface area contributed by atoms with E-state index in [1.54, 1.807) is 6.92 Å². The summed E-state index contributed by atoms with van der Waals surface area (Å²) in [6.45, 7) is 5.72. The summed E-state index contributed by atoms with van der Waals surface area (Å²) >= 11 is 5.65.